The van der Waals surface area contributed by atoms with Gasteiger partial charge in [-0.3, -0.25) is 4.79 Å². The third-order valence-corrected chi connectivity index (χ3v) is 3.69. The van der Waals surface area contributed by atoms with Crippen LogP contribution in [0.1, 0.15) is 24.3 Å². The van der Waals surface area contributed by atoms with Gasteiger partial charge in [0.15, 0.2) is 0 Å². The first-order chi connectivity index (χ1) is 8.65. The Kier molecular flexibility index (Phi) is 3.88. The van der Waals surface area contributed by atoms with Crippen LogP contribution in [0.15, 0.2) is 24.3 Å². The Bertz CT molecular complexity index is 495. The highest BCUT2D eigenvalue weighted by Gasteiger charge is 2.45. The molecule has 0 spiro atoms. The summed E-state index contributed by atoms with van der Waals surface area (Å²) in [6.07, 6.45) is 1.24. The van der Waals surface area contributed by atoms with Crippen molar-refractivity contribution in [3.8, 4) is 6.07 Å². The number of carbonyl (C=O) groups excluding carboxylic acids is 1. The molecule has 2 atom stereocenters. The molecule has 4 heteroatoms. The van der Waals surface area contributed by atoms with Crippen LogP contribution in [0.3, 0.4) is 0 Å². The maximum absolute atomic E-state index is 12.1. The van der Waals surface area contributed by atoms with Gasteiger partial charge in [-0.05, 0) is 24.0 Å². The van der Waals surface area contributed by atoms with Crippen molar-refractivity contribution >= 4 is 17.5 Å². The molecule has 1 amide bonds. The molecule has 0 radical (unpaired) electrons. The van der Waals surface area contributed by atoms with Crippen LogP contribution in [0.4, 0.5) is 0 Å². The molecule has 3 nitrogen and oxygen atoms in total. The van der Waals surface area contributed by atoms with E-state index in [9.17, 15) is 4.79 Å². The zero-order chi connectivity index (χ0) is 13.1. The summed E-state index contributed by atoms with van der Waals surface area (Å²) < 4.78 is 0. The largest absolute Gasteiger partial charge is 0.344 e. The first-order valence-corrected chi connectivity index (χ1v) is 6.39. The molecule has 0 aromatic heterocycles. The van der Waals surface area contributed by atoms with Gasteiger partial charge in [0.05, 0.1) is 12.5 Å². The van der Waals surface area contributed by atoms with E-state index in [4.69, 9.17) is 16.9 Å². The summed E-state index contributed by atoms with van der Waals surface area (Å²) in [4.78, 5) is 13.7. The molecule has 2 unspecified atom stereocenters. The number of nitriles is 1. The topological polar surface area (TPSA) is 44.1 Å². The molecule has 0 saturated heterocycles. The molecule has 0 heterocycles. The lowest BCUT2D eigenvalue weighted by atomic mass is 10.1. The summed E-state index contributed by atoms with van der Waals surface area (Å²) in [6.45, 7) is 0.501. The average Bonchev–Trinajstić information content (AvgIpc) is 3.15. The van der Waals surface area contributed by atoms with Gasteiger partial charge in [-0.25, -0.2) is 0 Å². The first kappa shape index (κ1) is 12.9. The number of halogens is 1. The molecule has 1 fully saturated rings. The minimum absolute atomic E-state index is 0.0357. The van der Waals surface area contributed by atoms with Crippen molar-refractivity contribution in [2.24, 2.45) is 5.92 Å². The van der Waals surface area contributed by atoms with E-state index in [0.29, 0.717) is 13.0 Å². The van der Waals surface area contributed by atoms with Crippen LogP contribution in [0, 0.1) is 17.2 Å². The highest BCUT2D eigenvalue weighted by molar-refractivity contribution is 6.31. The Morgan fingerprint density at radius 2 is 2.28 bits per heavy atom. The molecule has 2 rings (SSSR count). The van der Waals surface area contributed by atoms with E-state index in [1.54, 1.807) is 11.9 Å². The van der Waals surface area contributed by atoms with Gasteiger partial charge in [-0.2, -0.15) is 5.26 Å². The highest BCUT2D eigenvalue weighted by Crippen LogP contribution is 2.50. The fourth-order valence-electron chi connectivity index (χ4n) is 2.20. The Morgan fingerprint density at radius 3 is 2.94 bits per heavy atom. The molecule has 0 bridgehead atoms. The average molecular weight is 263 g/mol. The van der Waals surface area contributed by atoms with Gasteiger partial charge >= 0.3 is 0 Å². The van der Waals surface area contributed by atoms with Crippen molar-refractivity contribution in [1.29, 1.82) is 5.26 Å². The molecule has 18 heavy (non-hydrogen) atoms. The van der Waals surface area contributed by atoms with Crippen LogP contribution in [0.5, 0.6) is 0 Å². The first-order valence-electron chi connectivity index (χ1n) is 6.01. The predicted octanol–water partition coefficient (Wildman–Crippen LogP) is 2.82. The van der Waals surface area contributed by atoms with Crippen molar-refractivity contribution in [3.63, 3.8) is 0 Å². The lowest BCUT2D eigenvalue weighted by Crippen LogP contribution is -2.29. The van der Waals surface area contributed by atoms with Gasteiger partial charge in [-0.1, -0.05) is 29.8 Å². The maximum atomic E-state index is 12.1. The molecular formula is C14H15ClN2O. The Labute approximate surface area is 112 Å². The zero-order valence-corrected chi connectivity index (χ0v) is 11.0. The fourth-order valence-corrected chi connectivity index (χ4v) is 2.47. The number of amides is 1. The van der Waals surface area contributed by atoms with E-state index < -0.39 is 0 Å². The molecule has 0 aliphatic heterocycles. The van der Waals surface area contributed by atoms with E-state index in [0.717, 1.165) is 17.0 Å². The van der Waals surface area contributed by atoms with Crippen molar-refractivity contribution in [2.45, 2.75) is 18.8 Å². The van der Waals surface area contributed by atoms with Crippen LogP contribution in [-0.4, -0.2) is 24.4 Å². The minimum Gasteiger partial charge on any atom is -0.344 e. The molecule has 0 N–H and O–H groups in total. The number of nitrogens with zero attached hydrogens (tertiary/aromatic N) is 2. The van der Waals surface area contributed by atoms with E-state index in [1.165, 1.54) is 0 Å². The van der Waals surface area contributed by atoms with Gasteiger partial charge in [0, 0.05) is 24.5 Å². The quantitative estimate of drug-likeness (QED) is 0.838. The maximum Gasteiger partial charge on any atom is 0.226 e. The third-order valence-electron chi connectivity index (χ3n) is 3.35. The Hall–Kier alpha value is -1.53. The second-order valence-corrected chi connectivity index (χ2v) is 5.05. The van der Waals surface area contributed by atoms with Gasteiger partial charge in [0.25, 0.3) is 0 Å². The molecule has 94 valence electrons. The van der Waals surface area contributed by atoms with Gasteiger partial charge in [0.2, 0.25) is 5.91 Å². The van der Waals surface area contributed by atoms with E-state index in [-0.39, 0.29) is 17.7 Å². The zero-order valence-electron chi connectivity index (χ0n) is 10.3. The molecule has 1 saturated carbocycles. The fraction of sp³-hybridized carbons (Fsp3) is 0.429. The smallest absolute Gasteiger partial charge is 0.226 e. The Morgan fingerprint density at radius 1 is 1.56 bits per heavy atom. The second-order valence-electron chi connectivity index (χ2n) is 4.64. The molecule has 1 aliphatic carbocycles. The standard InChI is InChI=1S/C14H15ClN2O/c1-17(8-4-7-16)14(18)12-9-11(12)10-5-2-3-6-13(10)15/h2-3,5-6,11-12H,4,8-9H2,1H3. The summed E-state index contributed by atoms with van der Waals surface area (Å²) in [5, 5.41) is 9.25. The summed E-state index contributed by atoms with van der Waals surface area (Å²) in [7, 11) is 1.75. The van der Waals surface area contributed by atoms with Crippen LogP contribution in [-0.2, 0) is 4.79 Å². The van der Waals surface area contributed by atoms with Gasteiger partial charge < -0.3 is 4.90 Å². The summed E-state index contributed by atoms with van der Waals surface area (Å²) >= 11 is 6.12. The lowest BCUT2D eigenvalue weighted by Gasteiger charge is -2.15. The van der Waals surface area contributed by atoms with Crippen molar-refractivity contribution in [2.75, 3.05) is 13.6 Å². The monoisotopic (exact) mass is 262 g/mol. The minimum atomic E-state index is 0.0357. The number of benzene rings is 1. The summed E-state index contributed by atoms with van der Waals surface area (Å²) in [6, 6.07) is 9.73. The molecular weight excluding hydrogens is 248 g/mol. The highest BCUT2D eigenvalue weighted by atomic mass is 35.5. The van der Waals surface area contributed by atoms with Crippen molar-refractivity contribution in [1.82, 2.24) is 4.90 Å². The molecule has 1 aromatic carbocycles. The predicted molar refractivity (Wildman–Crippen MR) is 70.2 cm³/mol. The third kappa shape index (κ3) is 2.65. The summed E-state index contributed by atoms with van der Waals surface area (Å²) in [5.41, 5.74) is 1.06. The normalized spacial score (nSPS) is 21.2. The molecule has 1 aromatic rings. The molecule has 1 aliphatic rings. The lowest BCUT2D eigenvalue weighted by molar-refractivity contribution is -0.131. The van der Waals surface area contributed by atoms with E-state index >= 15 is 0 Å². The van der Waals surface area contributed by atoms with Gasteiger partial charge in [-0.15, -0.1) is 0 Å². The Balaban J connectivity index is 1.97. The van der Waals surface area contributed by atoms with E-state index in [2.05, 4.69) is 0 Å². The van der Waals surface area contributed by atoms with Crippen LogP contribution >= 0.6 is 11.6 Å². The van der Waals surface area contributed by atoms with Crippen molar-refractivity contribution < 1.29 is 4.79 Å². The summed E-state index contributed by atoms with van der Waals surface area (Å²) in [5.74, 6) is 0.402. The van der Waals surface area contributed by atoms with Crippen LogP contribution in [0.2, 0.25) is 5.02 Å². The van der Waals surface area contributed by atoms with Crippen LogP contribution < -0.4 is 0 Å². The van der Waals surface area contributed by atoms with Gasteiger partial charge in [0.1, 0.15) is 0 Å². The number of rotatable bonds is 4. The number of carbonyl (C=O) groups is 1. The number of hydrogen-bond acceptors (Lipinski definition) is 2. The number of hydrogen-bond donors (Lipinski definition) is 0. The van der Waals surface area contributed by atoms with E-state index in [1.807, 2.05) is 30.3 Å². The second kappa shape index (κ2) is 5.41. The van der Waals surface area contributed by atoms with Crippen LogP contribution in [0.25, 0.3) is 0 Å². The SMILES string of the molecule is CN(CCC#N)C(=O)C1CC1c1ccccc1Cl. The van der Waals surface area contributed by atoms with Crippen molar-refractivity contribution in [3.05, 3.63) is 34.9 Å².